The molecular formula is C11H17BrN2O2S. The molecule has 0 aliphatic rings. The summed E-state index contributed by atoms with van der Waals surface area (Å²) in [7, 11) is -3.12. The van der Waals surface area contributed by atoms with Crippen LogP contribution >= 0.6 is 15.9 Å². The van der Waals surface area contributed by atoms with Crippen LogP contribution in [0.15, 0.2) is 28.7 Å². The zero-order valence-corrected chi connectivity index (χ0v) is 12.1. The SMILES string of the molecule is CCNS(=O)(=O)CCNCc1cccc(Br)c1. The summed E-state index contributed by atoms with van der Waals surface area (Å²) >= 11 is 3.39. The summed E-state index contributed by atoms with van der Waals surface area (Å²) in [5, 5.41) is 3.10. The van der Waals surface area contributed by atoms with Gasteiger partial charge in [-0.1, -0.05) is 35.0 Å². The van der Waals surface area contributed by atoms with Crippen LogP contribution in [0.2, 0.25) is 0 Å². The van der Waals surface area contributed by atoms with Gasteiger partial charge in [-0.05, 0) is 17.7 Å². The van der Waals surface area contributed by atoms with E-state index in [-0.39, 0.29) is 5.75 Å². The predicted molar refractivity (Wildman–Crippen MR) is 73.3 cm³/mol. The highest BCUT2D eigenvalue weighted by molar-refractivity contribution is 9.10. The molecule has 17 heavy (non-hydrogen) atoms. The molecule has 0 radical (unpaired) electrons. The molecule has 0 saturated heterocycles. The molecule has 0 heterocycles. The minimum absolute atomic E-state index is 0.106. The van der Waals surface area contributed by atoms with Gasteiger partial charge in [0.15, 0.2) is 0 Å². The highest BCUT2D eigenvalue weighted by atomic mass is 79.9. The normalized spacial score (nSPS) is 11.6. The Morgan fingerprint density at radius 2 is 2.12 bits per heavy atom. The van der Waals surface area contributed by atoms with Gasteiger partial charge in [0, 0.05) is 24.1 Å². The monoisotopic (exact) mass is 320 g/mol. The van der Waals surface area contributed by atoms with Crippen molar-refractivity contribution in [2.45, 2.75) is 13.5 Å². The molecule has 0 unspecified atom stereocenters. The third-order valence-corrected chi connectivity index (χ3v) is 4.09. The van der Waals surface area contributed by atoms with E-state index in [0.717, 1.165) is 10.0 Å². The lowest BCUT2D eigenvalue weighted by molar-refractivity contribution is 0.578. The molecule has 0 aliphatic carbocycles. The van der Waals surface area contributed by atoms with Crippen molar-refractivity contribution in [1.82, 2.24) is 10.0 Å². The zero-order valence-electron chi connectivity index (χ0n) is 9.74. The van der Waals surface area contributed by atoms with Gasteiger partial charge in [0.05, 0.1) is 5.75 Å². The standard InChI is InChI=1S/C11H17BrN2O2S/c1-2-14-17(15,16)7-6-13-9-10-4-3-5-11(12)8-10/h3-5,8,13-14H,2,6-7,9H2,1H3. The summed E-state index contributed by atoms with van der Waals surface area (Å²) in [4.78, 5) is 0. The molecule has 6 heteroatoms. The van der Waals surface area contributed by atoms with E-state index in [1.54, 1.807) is 6.92 Å². The minimum atomic E-state index is -3.12. The summed E-state index contributed by atoms with van der Waals surface area (Å²) < 4.78 is 26.2. The predicted octanol–water partition coefficient (Wildman–Crippen LogP) is 1.48. The fraction of sp³-hybridized carbons (Fsp3) is 0.455. The van der Waals surface area contributed by atoms with Crippen molar-refractivity contribution >= 4 is 26.0 Å². The van der Waals surface area contributed by atoms with E-state index in [0.29, 0.717) is 19.6 Å². The lowest BCUT2D eigenvalue weighted by Crippen LogP contribution is -2.31. The Hall–Kier alpha value is -0.430. The smallest absolute Gasteiger partial charge is 0.212 e. The maximum absolute atomic E-state index is 11.3. The first kappa shape index (κ1) is 14.6. The number of hydrogen-bond acceptors (Lipinski definition) is 3. The Morgan fingerprint density at radius 1 is 1.35 bits per heavy atom. The number of hydrogen-bond donors (Lipinski definition) is 2. The first-order chi connectivity index (χ1) is 8.03. The fourth-order valence-electron chi connectivity index (χ4n) is 1.38. The largest absolute Gasteiger partial charge is 0.312 e. The van der Waals surface area contributed by atoms with Gasteiger partial charge in [-0.15, -0.1) is 0 Å². The maximum Gasteiger partial charge on any atom is 0.212 e. The third kappa shape index (κ3) is 6.16. The van der Waals surface area contributed by atoms with Crippen molar-refractivity contribution in [2.75, 3.05) is 18.8 Å². The van der Waals surface area contributed by atoms with Crippen LogP contribution in [0.5, 0.6) is 0 Å². The summed E-state index contributed by atoms with van der Waals surface area (Å²) in [6.45, 7) is 3.32. The summed E-state index contributed by atoms with van der Waals surface area (Å²) in [5.74, 6) is 0.106. The number of nitrogens with one attached hydrogen (secondary N) is 2. The quantitative estimate of drug-likeness (QED) is 0.748. The van der Waals surface area contributed by atoms with Gasteiger partial charge in [-0.3, -0.25) is 0 Å². The maximum atomic E-state index is 11.3. The molecule has 1 aromatic carbocycles. The number of halogens is 1. The molecule has 4 nitrogen and oxygen atoms in total. The van der Waals surface area contributed by atoms with E-state index in [1.165, 1.54) is 0 Å². The molecule has 0 aromatic heterocycles. The molecule has 0 atom stereocenters. The highest BCUT2D eigenvalue weighted by Crippen LogP contribution is 2.11. The van der Waals surface area contributed by atoms with Crippen LogP contribution in [0.4, 0.5) is 0 Å². The van der Waals surface area contributed by atoms with Crippen molar-refractivity contribution in [3.05, 3.63) is 34.3 Å². The first-order valence-electron chi connectivity index (χ1n) is 5.46. The molecule has 96 valence electrons. The van der Waals surface area contributed by atoms with Crippen LogP contribution in [-0.2, 0) is 16.6 Å². The van der Waals surface area contributed by atoms with Crippen molar-refractivity contribution in [2.24, 2.45) is 0 Å². The van der Waals surface area contributed by atoms with Crippen LogP contribution < -0.4 is 10.0 Å². The second-order valence-electron chi connectivity index (χ2n) is 3.62. The van der Waals surface area contributed by atoms with E-state index >= 15 is 0 Å². The van der Waals surface area contributed by atoms with Crippen molar-refractivity contribution in [1.29, 1.82) is 0 Å². The van der Waals surface area contributed by atoms with E-state index in [9.17, 15) is 8.42 Å². The number of rotatable bonds is 7. The Bertz CT molecular complexity index is 449. The van der Waals surface area contributed by atoms with Gasteiger partial charge in [-0.25, -0.2) is 13.1 Å². The molecule has 0 fully saturated rings. The first-order valence-corrected chi connectivity index (χ1v) is 7.90. The van der Waals surface area contributed by atoms with Gasteiger partial charge in [0.2, 0.25) is 10.0 Å². The van der Waals surface area contributed by atoms with Crippen molar-refractivity contribution < 1.29 is 8.42 Å². The van der Waals surface area contributed by atoms with Crippen LogP contribution in [-0.4, -0.2) is 27.3 Å². The Balaban J connectivity index is 2.29. The van der Waals surface area contributed by atoms with E-state index in [4.69, 9.17) is 0 Å². The molecule has 0 saturated carbocycles. The van der Waals surface area contributed by atoms with Crippen LogP contribution in [0.25, 0.3) is 0 Å². The molecule has 0 aliphatic heterocycles. The molecule has 1 rings (SSSR count). The van der Waals surface area contributed by atoms with Crippen LogP contribution in [0.1, 0.15) is 12.5 Å². The van der Waals surface area contributed by atoms with Crippen LogP contribution in [0, 0.1) is 0 Å². The fourth-order valence-corrected chi connectivity index (χ4v) is 2.82. The highest BCUT2D eigenvalue weighted by Gasteiger charge is 2.06. The Morgan fingerprint density at radius 3 is 2.76 bits per heavy atom. The molecule has 1 aromatic rings. The summed E-state index contributed by atoms with van der Waals surface area (Å²) in [6, 6.07) is 7.91. The summed E-state index contributed by atoms with van der Waals surface area (Å²) in [5.41, 5.74) is 1.13. The van der Waals surface area contributed by atoms with Crippen molar-refractivity contribution in [3.8, 4) is 0 Å². The average molecular weight is 321 g/mol. The van der Waals surface area contributed by atoms with E-state index < -0.39 is 10.0 Å². The lowest BCUT2D eigenvalue weighted by Gasteiger charge is -2.06. The number of sulfonamides is 1. The average Bonchev–Trinajstić information content (AvgIpc) is 2.24. The second-order valence-corrected chi connectivity index (χ2v) is 6.47. The Kier molecular flexibility index (Phi) is 6.11. The van der Waals surface area contributed by atoms with E-state index in [2.05, 4.69) is 26.0 Å². The molecule has 0 bridgehead atoms. The van der Waals surface area contributed by atoms with Gasteiger partial charge < -0.3 is 5.32 Å². The summed E-state index contributed by atoms with van der Waals surface area (Å²) in [6.07, 6.45) is 0. The topological polar surface area (TPSA) is 58.2 Å². The van der Waals surface area contributed by atoms with Gasteiger partial charge in [0.25, 0.3) is 0 Å². The Labute approximate surface area is 111 Å². The van der Waals surface area contributed by atoms with Gasteiger partial charge in [0.1, 0.15) is 0 Å². The molecular weight excluding hydrogens is 304 g/mol. The van der Waals surface area contributed by atoms with Gasteiger partial charge >= 0.3 is 0 Å². The van der Waals surface area contributed by atoms with Crippen LogP contribution in [0.3, 0.4) is 0 Å². The molecule has 0 amide bonds. The molecule has 0 spiro atoms. The van der Waals surface area contributed by atoms with E-state index in [1.807, 2.05) is 24.3 Å². The zero-order chi connectivity index (χ0) is 12.7. The lowest BCUT2D eigenvalue weighted by atomic mass is 10.2. The minimum Gasteiger partial charge on any atom is -0.312 e. The molecule has 2 N–H and O–H groups in total. The third-order valence-electron chi connectivity index (χ3n) is 2.13. The number of benzene rings is 1. The van der Waals surface area contributed by atoms with Crippen molar-refractivity contribution in [3.63, 3.8) is 0 Å². The van der Waals surface area contributed by atoms with Gasteiger partial charge in [-0.2, -0.15) is 0 Å². The second kappa shape index (κ2) is 7.10.